The van der Waals surface area contributed by atoms with Crippen LogP contribution in [0.15, 0.2) is 12.2 Å². The van der Waals surface area contributed by atoms with Crippen molar-refractivity contribution in [2.75, 3.05) is 0 Å². The van der Waals surface area contributed by atoms with Gasteiger partial charge in [0.25, 0.3) is 0 Å². The van der Waals surface area contributed by atoms with Crippen molar-refractivity contribution in [1.82, 2.24) is 0 Å². The standard InChI is InChI=1S/C7H9ClF2O/c1-5(2)3-4-6(11)7(8,9)10/h1,3-4H2,2H3. The van der Waals surface area contributed by atoms with E-state index in [-0.39, 0.29) is 12.8 Å². The minimum Gasteiger partial charge on any atom is -0.291 e. The summed E-state index contributed by atoms with van der Waals surface area (Å²) in [5.74, 6) is -1.25. The molecule has 0 aromatic rings. The predicted octanol–water partition coefficient (Wildman–Crippen LogP) is 2.74. The summed E-state index contributed by atoms with van der Waals surface area (Å²) in [5, 5.41) is -3.71. The van der Waals surface area contributed by atoms with E-state index >= 15 is 0 Å². The van der Waals surface area contributed by atoms with E-state index in [0.717, 1.165) is 0 Å². The molecule has 64 valence electrons. The lowest BCUT2D eigenvalue weighted by Crippen LogP contribution is -2.20. The Morgan fingerprint density at radius 2 is 2.00 bits per heavy atom. The molecule has 11 heavy (non-hydrogen) atoms. The number of halogens is 3. The van der Waals surface area contributed by atoms with Crippen molar-refractivity contribution in [2.45, 2.75) is 25.1 Å². The Balaban J connectivity index is 3.80. The second kappa shape index (κ2) is 3.81. The Labute approximate surface area is 69.0 Å². The van der Waals surface area contributed by atoms with Crippen LogP contribution in [0.3, 0.4) is 0 Å². The highest BCUT2D eigenvalue weighted by molar-refractivity contribution is 6.32. The highest BCUT2D eigenvalue weighted by Gasteiger charge is 2.34. The summed E-state index contributed by atoms with van der Waals surface area (Å²) in [7, 11) is 0. The number of carbonyl (C=O) groups excluding carboxylic acids is 1. The number of hydrogen-bond donors (Lipinski definition) is 0. The maximum absolute atomic E-state index is 12.0. The molecule has 0 atom stereocenters. The molecular weight excluding hydrogens is 174 g/mol. The van der Waals surface area contributed by atoms with Crippen molar-refractivity contribution >= 4 is 17.4 Å². The van der Waals surface area contributed by atoms with Crippen molar-refractivity contribution in [3.8, 4) is 0 Å². The van der Waals surface area contributed by atoms with Crippen LogP contribution in [0, 0.1) is 0 Å². The number of hydrogen-bond acceptors (Lipinski definition) is 1. The Morgan fingerprint density at radius 3 is 2.27 bits per heavy atom. The van der Waals surface area contributed by atoms with E-state index in [1.807, 2.05) is 0 Å². The Kier molecular flexibility index (Phi) is 3.66. The van der Waals surface area contributed by atoms with E-state index in [9.17, 15) is 13.6 Å². The summed E-state index contributed by atoms with van der Waals surface area (Å²) < 4.78 is 23.9. The van der Waals surface area contributed by atoms with Gasteiger partial charge in [-0.05, 0) is 24.9 Å². The summed E-state index contributed by atoms with van der Waals surface area (Å²) in [6.45, 7) is 5.14. The molecule has 0 bridgehead atoms. The van der Waals surface area contributed by atoms with Gasteiger partial charge in [0.05, 0.1) is 0 Å². The lowest BCUT2D eigenvalue weighted by Gasteiger charge is -2.05. The molecule has 0 saturated carbocycles. The average Bonchev–Trinajstić information content (AvgIpc) is 1.80. The van der Waals surface area contributed by atoms with E-state index in [1.165, 1.54) is 0 Å². The average molecular weight is 183 g/mol. The summed E-state index contributed by atoms with van der Waals surface area (Å²) in [4.78, 5) is 10.4. The second-order valence-corrected chi connectivity index (χ2v) is 2.85. The van der Waals surface area contributed by atoms with Crippen LogP contribution in [0.5, 0.6) is 0 Å². The van der Waals surface area contributed by atoms with Gasteiger partial charge in [0.2, 0.25) is 5.78 Å². The molecule has 0 unspecified atom stereocenters. The van der Waals surface area contributed by atoms with Crippen LogP contribution in [0.2, 0.25) is 0 Å². The van der Waals surface area contributed by atoms with Crippen LogP contribution < -0.4 is 0 Å². The van der Waals surface area contributed by atoms with Gasteiger partial charge < -0.3 is 0 Å². The van der Waals surface area contributed by atoms with E-state index in [4.69, 9.17) is 0 Å². The van der Waals surface area contributed by atoms with Gasteiger partial charge in [0.1, 0.15) is 0 Å². The topological polar surface area (TPSA) is 17.1 Å². The van der Waals surface area contributed by atoms with Gasteiger partial charge in [-0.1, -0.05) is 5.57 Å². The third kappa shape index (κ3) is 4.90. The van der Waals surface area contributed by atoms with E-state index in [1.54, 1.807) is 6.92 Å². The van der Waals surface area contributed by atoms with Crippen LogP contribution in [0.1, 0.15) is 19.8 Å². The van der Waals surface area contributed by atoms with Crippen LogP contribution in [-0.2, 0) is 4.79 Å². The maximum Gasteiger partial charge on any atom is 0.380 e. The lowest BCUT2D eigenvalue weighted by atomic mass is 10.1. The summed E-state index contributed by atoms with van der Waals surface area (Å²) in [6.07, 6.45) is 0.0208. The largest absolute Gasteiger partial charge is 0.380 e. The van der Waals surface area contributed by atoms with Gasteiger partial charge in [-0.3, -0.25) is 4.79 Å². The number of Topliss-reactive ketones (excluding diaryl/α,β-unsaturated/α-hetero) is 1. The van der Waals surface area contributed by atoms with E-state index in [2.05, 4.69) is 18.2 Å². The minimum atomic E-state index is -3.71. The summed E-state index contributed by atoms with van der Waals surface area (Å²) >= 11 is 4.45. The monoisotopic (exact) mass is 182 g/mol. The molecule has 0 N–H and O–H groups in total. The van der Waals surface area contributed by atoms with Crippen molar-refractivity contribution in [3.05, 3.63) is 12.2 Å². The van der Waals surface area contributed by atoms with Crippen LogP contribution in [-0.4, -0.2) is 11.2 Å². The summed E-state index contributed by atoms with van der Waals surface area (Å²) in [6, 6.07) is 0. The van der Waals surface area contributed by atoms with Gasteiger partial charge >= 0.3 is 5.38 Å². The fourth-order valence-electron chi connectivity index (χ4n) is 0.469. The number of rotatable bonds is 4. The highest BCUT2D eigenvalue weighted by atomic mass is 35.5. The SMILES string of the molecule is C=C(C)CCC(=O)C(F)(F)Cl. The van der Waals surface area contributed by atoms with Crippen molar-refractivity contribution < 1.29 is 13.6 Å². The smallest absolute Gasteiger partial charge is 0.291 e. The first-order valence-corrected chi connectivity index (χ1v) is 3.46. The molecule has 0 heterocycles. The van der Waals surface area contributed by atoms with Gasteiger partial charge in [-0.15, -0.1) is 6.58 Å². The first-order valence-electron chi connectivity index (χ1n) is 3.08. The Morgan fingerprint density at radius 1 is 1.55 bits per heavy atom. The number of alkyl halides is 3. The molecule has 0 aromatic carbocycles. The molecule has 0 aliphatic carbocycles. The van der Waals surface area contributed by atoms with Crippen LogP contribution in [0.25, 0.3) is 0 Å². The molecule has 4 heteroatoms. The number of ketones is 1. The zero-order valence-electron chi connectivity index (χ0n) is 6.16. The molecule has 0 saturated heterocycles. The van der Waals surface area contributed by atoms with Crippen molar-refractivity contribution in [1.29, 1.82) is 0 Å². The molecule has 0 aliphatic heterocycles. The fraction of sp³-hybridized carbons (Fsp3) is 0.571. The predicted molar refractivity (Wildman–Crippen MR) is 39.9 cm³/mol. The highest BCUT2D eigenvalue weighted by Crippen LogP contribution is 2.22. The molecule has 0 rings (SSSR count). The molecule has 0 spiro atoms. The van der Waals surface area contributed by atoms with Gasteiger partial charge in [0.15, 0.2) is 0 Å². The number of allylic oxidation sites excluding steroid dienone is 1. The Bertz CT molecular complexity index is 172. The lowest BCUT2D eigenvalue weighted by molar-refractivity contribution is -0.133. The van der Waals surface area contributed by atoms with Gasteiger partial charge in [-0.2, -0.15) is 8.78 Å². The zero-order chi connectivity index (χ0) is 9.07. The molecule has 1 nitrogen and oxygen atoms in total. The van der Waals surface area contributed by atoms with Crippen LogP contribution in [0.4, 0.5) is 8.78 Å². The molecule has 0 radical (unpaired) electrons. The first-order chi connectivity index (χ1) is 4.84. The first kappa shape index (κ1) is 10.6. The zero-order valence-corrected chi connectivity index (χ0v) is 6.92. The van der Waals surface area contributed by atoms with Gasteiger partial charge in [-0.25, -0.2) is 0 Å². The van der Waals surface area contributed by atoms with E-state index < -0.39 is 11.2 Å². The van der Waals surface area contributed by atoms with Crippen molar-refractivity contribution in [2.24, 2.45) is 0 Å². The number of carbonyl (C=O) groups is 1. The second-order valence-electron chi connectivity index (χ2n) is 2.38. The normalized spacial score (nSPS) is 11.3. The third-order valence-electron chi connectivity index (χ3n) is 1.10. The fourth-order valence-corrected chi connectivity index (χ4v) is 0.563. The molecule has 0 aromatic heterocycles. The van der Waals surface area contributed by atoms with Crippen molar-refractivity contribution in [3.63, 3.8) is 0 Å². The maximum atomic E-state index is 12.0. The van der Waals surface area contributed by atoms with E-state index in [0.29, 0.717) is 5.57 Å². The molecule has 0 aliphatic rings. The van der Waals surface area contributed by atoms with Crippen LogP contribution >= 0.6 is 11.6 Å². The molecule has 0 fully saturated rings. The van der Waals surface area contributed by atoms with Gasteiger partial charge in [0, 0.05) is 6.42 Å². The molecular formula is C7H9ClF2O. The third-order valence-corrected chi connectivity index (χ3v) is 1.31. The molecule has 0 amide bonds. The minimum absolute atomic E-state index is 0.244. The quantitative estimate of drug-likeness (QED) is 0.483. The Hall–Kier alpha value is -0.440. The summed E-state index contributed by atoms with van der Waals surface area (Å²) in [5.41, 5.74) is 0.694.